The van der Waals surface area contributed by atoms with Gasteiger partial charge in [0.05, 0.1) is 9.95 Å². The highest BCUT2D eigenvalue weighted by atomic mass is 79.9. The number of non-ortho nitro benzene ring substituents is 1. The maximum absolute atomic E-state index is 13.0. The second kappa shape index (κ2) is 6.98. The normalized spacial score (nSPS) is 10.6. The van der Waals surface area contributed by atoms with E-state index in [1.165, 1.54) is 18.2 Å². The highest BCUT2D eigenvalue weighted by Gasteiger charge is 2.09. The summed E-state index contributed by atoms with van der Waals surface area (Å²) in [5.74, 6) is -0.446. The van der Waals surface area contributed by atoms with Crippen molar-refractivity contribution in [3.63, 3.8) is 0 Å². The minimum absolute atomic E-state index is 0.0379. The molecule has 0 saturated heterocycles. The molecule has 21 heavy (non-hydrogen) atoms. The number of nitro groups is 1. The number of benzene rings is 2. The van der Waals surface area contributed by atoms with Gasteiger partial charge in [0, 0.05) is 29.7 Å². The van der Waals surface area contributed by atoms with Crippen molar-refractivity contribution in [2.45, 2.75) is 13.1 Å². The molecular weight excluding hydrogens is 363 g/mol. The van der Waals surface area contributed by atoms with Crippen LogP contribution in [0.5, 0.6) is 0 Å². The van der Waals surface area contributed by atoms with E-state index in [1.54, 1.807) is 18.2 Å². The van der Waals surface area contributed by atoms with E-state index < -0.39 is 10.7 Å². The first kappa shape index (κ1) is 15.9. The Labute approximate surface area is 134 Å². The Morgan fingerprint density at radius 3 is 2.62 bits per heavy atom. The highest BCUT2D eigenvalue weighted by Crippen LogP contribution is 2.23. The van der Waals surface area contributed by atoms with Crippen LogP contribution in [-0.2, 0) is 13.1 Å². The average Bonchev–Trinajstić information content (AvgIpc) is 2.44. The summed E-state index contributed by atoms with van der Waals surface area (Å²) >= 11 is 9.02. The van der Waals surface area contributed by atoms with Crippen LogP contribution in [0.2, 0.25) is 5.02 Å². The number of halogens is 3. The van der Waals surface area contributed by atoms with Crippen LogP contribution in [0, 0.1) is 15.9 Å². The molecule has 2 aromatic carbocycles. The maximum atomic E-state index is 13.0. The molecule has 0 radical (unpaired) electrons. The Morgan fingerprint density at radius 2 is 2.00 bits per heavy atom. The molecule has 0 heterocycles. The van der Waals surface area contributed by atoms with Gasteiger partial charge in [0.1, 0.15) is 5.82 Å². The Kier molecular flexibility index (Phi) is 5.27. The van der Waals surface area contributed by atoms with Gasteiger partial charge in [-0.05, 0) is 29.3 Å². The number of nitro benzene ring substituents is 1. The summed E-state index contributed by atoms with van der Waals surface area (Å²) in [6.07, 6.45) is 0. The SMILES string of the molecule is O=[N+]([O-])c1ccc(CNCc2ccc(F)c(Cl)c2)c(Br)c1. The second-order valence-corrected chi connectivity index (χ2v) is 5.65. The third kappa shape index (κ3) is 4.23. The van der Waals surface area contributed by atoms with E-state index in [1.807, 2.05) is 0 Å². The lowest BCUT2D eigenvalue weighted by Crippen LogP contribution is -2.13. The maximum Gasteiger partial charge on any atom is 0.270 e. The molecular formula is C14H11BrClFN2O2. The van der Waals surface area contributed by atoms with E-state index >= 15 is 0 Å². The van der Waals surface area contributed by atoms with Crippen LogP contribution in [0.15, 0.2) is 40.9 Å². The molecule has 2 rings (SSSR count). The molecule has 0 unspecified atom stereocenters. The number of hydrogen-bond donors (Lipinski definition) is 1. The molecule has 0 aliphatic heterocycles. The molecule has 7 heteroatoms. The van der Waals surface area contributed by atoms with Gasteiger partial charge < -0.3 is 5.32 Å². The van der Waals surface area contributed by atoms with Gasteiger partial charge in [0.15, 0.2) is 0 Å². The smallest absolute Gasteiger partial charge is 0.270 e. The van der Waals surface area contributed by atoms with Crippen molar-refractivity contribution in [3.05, 3.63) is 73.0 Å². The molecule has 0 fully saturated rings. The van der Waals surface area contributed by atoms with Crippen LogP contribution in [-0.4, -0.2) is 4.92 Å². The molecule has 2 aromatic rings. The summed E-state index contributed by atoms with van der Waals surface area (Å²) in [5, 5.41) is 13.9. The summed E-state index contributed by atoms with van der Waals surface area (Å²) in [4.78, 5) is 10.2. The summed E-state index contributed by atoms with van der Waals surface area (Å²) in [7, 11) is 0. The third-order valence-corrected chi connectivity index (χ3v) is 3.90. The highest BCUT2D eigenvalue weighted by molar-refractivity contribution is 9.10. The topological polar surface area (TPSA) is 55.2 Å². The van der Waals surface area contributed by atoms with Crippen molar-refractivity contribution in [1.29, 1.82) is 0 Å². The van der Waals surface area contributed by atoms with E-state index in [0.29, 0.717) is 17.6 Å². The molecule has 0 amide bonds. The molecule has 110 valence electrons. The second-order valence-electron chi connectivity index (χ2n) is 4.38. The summed E-state index contributed by atoms with van der Waals surface area (Å²) < 4.78 is 13.7. The zero-order valence-corrected chi connectivity index (χ0v) is 13.1. The molecule has 0 aromatic heterocycles. The Morgan fingerprint density at radius 1 is 1.24 bits per heavy atom. The predicted octanol–water partition coefficient (Wildman–Crippen LogP) is 4.44. The lowest BCUT2D eigenvalue weighted by Gasteiger charge is -2.07. The minimum Gasteiger partial charge on any atom is -0.309 e. The van der Waals surface area contributed by atoms with Crippen molar-refractivity contribution in [2.75, 3.05) is 0 Å². The lowest BCUT2D eigenvalue weighted by molar-refractivity contribution is -0.384. The Bertz CT molecular complexity index is 682. The van der Waals surface area contributed by atoms with Crippen LogP contribution < -0.4 is 5.32 Å². The minimum atomic E-state index is -0.446. The van der Waals surface area contributed by atoms with Gasteiger partial charge in [0.2, 0.25) is 0 Å². The van der Waals surface area contributed by atoms with Gasteiger partial charge in [-0.2, -0.15) is 0 Å². The third-order valence-electron chi connectivity index (χ3n) is 2.88. The zero-order chi connectivity index (χ0) is 15.4. The standard InChI is InChI=1S/C14H11BrClFN2O2/c15-12-6-11(19(20)21)3-2-10(12)8-18-7-9-1-4-14(17)13(16)5-9/h1-6,18H,7-8H2. The molecule has 0 atom stereocenters. The number of nitrogens with one attached hydrogen (secondary N) is 1. The van der Waals surface area contributed by atoms with Gasteiger partial charge in [-0.1, -0.05) is 33.6 Å². The van der Waals surface area contributed by atoms with E-state index in [2.05, 4.69) is 21.2 Å². The van der Waals surface area contributed by atoms with Gasteiger partial charge in [-0.3, -0.25) is 10.1 Å². The van der Waals surface area contributed by atoms with Crippen LogP contribution in [0.4, 0.5) is 10.1 Å². The van der Waals surface area contributed by atoms with Crippen molar-refractivity contribution < 1.29 is 9.31 Å². The van der Waals surface area contributed by atoms with Gasteiger partial charge in [-0.15, -0.1) is 0 Å². The molecule has 0 bridgehead atoms. The fourth-order valence-corrected chi connectivity index (χ4v) is 2.49. The first-order valence-corrected chi connectivity index (χ1v) is 7.22. The van der Waals surface area contributed by atoms with E-state index in [9.17, 15) is 14.5 Å². The molecule has 4 nitrogen and oxygen atoms in total. The quantitative estimate of drug-likeness (QED) is 0.623. The van der Waals surface area contributed by atoms with E-state index in [0.717, 1.165) is 11.1 Å². The monoisotopic (exact) mass is 372 g/mol. The zero-order valence-electron chi connectivity index (χ0n) is 10.8. The largest absolute Gasteiger partial charge is 0.309 e. The molecule has 0 aliphatic rings. The first-order valence-electron chi connectivity index (χ1n) is 6.05. The Hall–Kier alpha value is -1.50. The van der Waals surface area contributed by atoms with Crippen molar-refractivity contribution in [3.8, 4) is 0 Å². The van der Waals surface area contributed by atoms with Crippen LogP contribution >= 0.6 is 27.5 Å². The van der Waals surface area contributed by atoms with Gasteiger partial charge >= 0.3 is 0 Å². The van der Waals surface area contributed by atoms with E-state index in [-0.39, 0.29) is 10.7 Å². The Balaban J connectivity index is 1.97. The predicted molar refractivity (Wildman–Crippen MR) is 82.8 cm³/mol. The van der Waals surface area contributed by atoms with Crippen LogP contribution in [0.3, 0.4) is 0 Å². The lowest BCUT2D eigenvalue weighted by atomic mass is 10.2. The molecule has 0 aliphatic carbocycles. The van der Waals surface area contributed by atoms with Crippen LogP contribution in [0.25, 0.3) is 0 Å². The van der Waals surface area contributed by atoms with Crippen molar-refractivity contribution in [1.82, 2.24) is 5.32 Å². The van der Waals surface area contributed by atoms with E-state index in [4.69, 9.17) is 11.6 Å². The van der Waals surface area contributed by atoms with Crippen LogP contribution in [0.1, 0.15) is 11.1 Å². The molecule has 0 spiro atoms. The van der Waals surface area contributed by atoms with Gasteiger partial charge in [0.25, 0.3) is 5.69 Å². The number of rotatable bonds is 5. The number of hydrogen-bond acceptors (Lipinski definition) is 3. The fraction of sp³-hybridized carbons (Fsp3) is 0.143. The summed E-state index contributed by atoms with van der Waals surface area (Å²) in [6, 6.07) is 9.14. The fourth-order valence-electron chi connectivity index (χ4n) is 1.78. The molecule has 0 saturated carbocycles. The van der Waals surface area contributed by atoms with Crippen molar-refractivity contribution in [2.24, 2.45) is 0 Å². The average molecular weight is 374 g/mol. The first-order chi connectivity index (χ1) is 9.97. The summed E-state index contributed by atoms with van der Waals surface area (Å²) in [6.45, 7) is 1.04. The van der Waals surface area contributed by atoms with Crippen molar-refractivity contribution >= 4 is 33.2 Å². The molecule has 1 N–H and O–H groups in total. The number of nitrogens with zero attached hydrogens (tertiary/aromatic N) is 1. The summed E-state index contributed by atoms with van der Waals surface area (Å²) in [5.41, 5.74) is 1.80. The van der Waals surface area contributed by atoms with Gasteiger partial charge in [-0.25, -0.2) is 4.39 Å².